The first kappa shape index (κ1) is 20.2. The van der Waals surface area contributed by atoms with E-state index >= 15 is 0 Å². The molecule has 0 aliphatic carbocycles. The number of benzene rings is 2. The number of hydrazone groups is 1. The molecule has 1 N–H and O–H groups in total. The van der Waals surface area contributed by atoms with Crippen LogP contribution in [-0.2, 0) is 11.2 Å². The molecule has 0 aliphatic heterocycles. The van der Waals surface area contributed by atoms with E-state index in [0.29, 0.717) is 21.8 Å². The monoisotopic (exact) mass is 412 g/mol. The highest BCUT2D eigenvalue weighted by Crippen LogP contribution is 2.28. The summed E-state index contributed by atoms with van der Waals surface area (Å²) in [6, 6.07) is 14.0. The zero-order valence-corrected chi connectivity index (χ0v) is 16.2. The Balaban J connectivity index is 1.59. The van der Waals surface area contributed by atoms with E-state index in [4.69, 9.17) is 9.47 Å². The molecule has 3 rings (SSSR count). The predicted octanol–water partition coefficient (Wildman–Crippen LogP) is 3.81. The van der Waals surface area contributed by atoms with Crippen molar-refractivity contribution in [3.8, 4) is 11.5 Å². The number of carbonyl (C=O) groups is 2. The maximum Gasteiger partial charge on any atom is 0.353 e. The fraction of sp³-hybridized carbons (Fsp3) is 0.0952. The lowest BCUT2D eigenvalue weighted by Crippen LogP contribution is -2.19. The van der Waals surface area contributed by atoms with Gasteiger partial charge in [-0.15, -0.1) is 11.3 Å². The van der Waals surface area contributed by atoms with Crippen molar-refractivity contribution in [3.05, 3.63) is 81.8 Å². The zero-order valence-electron chi connectivity index (χ0n) is 15.4. The highest BCUT2D eigenvalue weighted by molar-refractivity contribution is 7.12. The lowest BCUT2D eigenvalue weighted by molar-refractivity contribution is -0.120. The first-order valence-corrected chi connectivity index (χ1v) is 9.43. The Bertz CT molecular complexity index is 1020. The van der Waals surface area contributed by atoms with Crippen molar-refractivity contribution in [2.45, 2.75) is 6.42 Å². The van der Waals surface area contributed by atoms with Gasteiger partial charge in [-0.1, -0.05) is 18.2 Å². The molecule has 0 aliphatic rings. The summed E-state index contributed by atoms with van der Waals surface area (Å²) in [6.45, 7) is 0. The molecular weight excluding hydrogens is 395 g/mol. The van der Waals surface area contributed by atoms with Crippen LogP contribution < -0.4 is 14.9 Å². The standard InChI is InChI=1S/C21H17FN2O4S/c1-27-18-11-15(6-9-17(18)28-21(26)19-3-2-10-29-19)13-23-24-20(25)12-14-4-7-16(22)8-5-14/h2-11,13H,12H2,1H3,(H,24,25)/b23-13+. The van der Waals surface area contributed by atoms with E-state index in [2.05, 4.69) is 10.5 Å². The number of esters is 1. The molecule has 2 aromatic carbocycles. The summed E-state index contributed by atoms with van der Waals surface area (Å²) in [5.41, 5.74) is 3.73. The highest BCUT2D eigenvalue weighted by Gasteiger charge is 2.13. The van der Waals surface area contributed by atoms with Gasteiger partial charge in [0.25, 0.3) is 0 Å². The Labute approximate surface area is 170 Å². The van der Waals surface area contributed by atoms with E-state index in [9.17, 15) is 14.0 Å². The second-order valence-electron chi connectivity index (χ2n) is 5.87. The number of thiophene rings is 1. The number of hydrogen-bond donors (Lipinski definition) is 1. The number of rotatable bonds is 7. The van der Waals surface area contributed by atoms with Crippen LogP contribution in [-0.4, -0.2) is 25.2 Å². The van der Waals surface area contributed by atoms with Crippen LogP contribution in [0.5, 0.6) is 11.5 Å². The molecule has 0 unspecified atom stereocenters. The van der Waals surface area contributed by atoms with Gasteiger partial charge in [0.15, 0.2) is 11.5 Å². The van der Waals surface area contributed by atoms with E-state index < -0.39 is 5.97 Å². The Hall–Kier alpha value is -3.52. The molecule has 6 nitrogen and oxygen atoms in total. The van der Waals surface area contributed by atoms with Crippen LogP contribution in [0.2, 0.25) is 0 Å². The van der Waals surface area contributed by atoms with Crippen molar-refractivity contribution in [1.82, 2.24) is 5.43 Å². The van der Waals surface area contributed by atoms with Gasteiger partial charge in [0, 0.05) is 0 Å². The molecule has 8 heteroatoms. The Kier molecular flexibility index (Phi) is 6.70. The van der Waals surface area contributed by atoms with Crippen molar-refractivity contribution in [3.63, 3.8) is 0 Å². The topological polar surface area (TPSA) is 77.0 Å². The van der Waals surface area contributed by atoms with Crippen LogP contribution in [0.1, 0.15) is 20.8 Å². The molecular formula is C21H17FN2O4S. The fourth-order valence-electron chi connectivity index (χ4n) is 2.40. The summed E-state index contributed by atoms with van der Waals surface area (Å²) in [6.07, 6.45) is 1.52. The molecule has 3 aromatic rings. The molecule has 1 heterocycles. The molecule has 0 spiro atoms. The number of amides is 1. The third-order valence-corrected chi connectivity index (χ3v) is 4.64. The van der Waals surface area contributed by atoms with Crippen LogP contribution in [0, 0.1) is 5.82 Å². The number of hydrogen-bond acceptors (Lipinski definition) is 6. The van der Waals surface area contributed by atoms with Crippen LogP contribution in [0.4, 0.5) is 4.39 Å². The van der Waals surface area contributed by atoms with Gasteiger partial charge in [0.1, 0.15) is 10.7 Å². The average molecular weight is 412 g/mol. The van der Waals surface area contributed by atoms with Crippen LogP contribution in [0.3, 0.4) is 0 Å². The van der Waals surface area contributed by atoms with Gasteiger partial charge in [0.05, 0.1) is 19.7 Å². The molecule has 0 radical (unpaired) electrons. The van der Waals surface area contributed by atoms with Crippen molar-refractivity contribution in [1.29, 1.82) is 0 Å². The summed E-state index contributed by atoms with van der Waals surface area (Å²) >= 11 is 1.29. The number of nitrogens with one attached hydrogen (secondary N) is 1. The van der Waals surface area contributed by atoms with E-state index in [1.165, 1.54) is 36.8 Å². The lowest BCUT2D eigenvalue weighted by Gasteiger charge is -2.09. The normalized spacial score (nSPS) is 10.7. The number of methoxy groups -OCH3 is 1. The first-order valence-electron chi connectivity index (χ1n) is 8.55. The summed E-state index contributed by atoms with van der Waals surface area (Å²) in [7, 11) is 1.46. The quantitative estimate of drug-likeness (QED) is 0.277. The Morgan fingerprint density at radius 1 is 1.14 bits per heavy atom. The van der Waals surface area contributed by atoms with E-state index in [0.717, 1.165) is 0 Å². The number of ether oxygens (including phenoxy) is 2. The first-order chi connectivity index (χ1) is 14.0. The Morgan fingerprint density at radius 3 is 2.62 bits per heavy atom. The summed E-state index contributed by atoms with van der Waals surface area (Å²) < 4.78 is 23.5. The van der Waals surface area contributed by atoms with Crippen LogP contribution >= 0.6 is 11.3 Å². The molecule has 1 amide bonds. The molecule has 29 heavy (non-hydrogen) atoms. The fourth-order valence-corrected chi connectivity index (χ4v) is 3.00. The highest BCUT2D eigenvalue weighted by atomic mass is 32.1. The Morgan fingerprint density at radius 2 is 1.93 bits per heavy atom. The van der Waals surface area contributed by atoms with E-state index in [-0.39, 0.29) is 23.9 Å². The third kappa shape index (κ3) is 5.73. The minimum Gasteiger partial charge on any atom is -0.493 e. The second kappa shape index (κ2) is 9.61. The van der Waals surface area contributed by atoms with Gasteiger partial charge in [-0.3, -0.25) is 4.79 Å². The van der Waals surface area contributed by atoms with Crippen LogP contribution in [0.25, 0.3) is 0 Å². The number of carbonyl (C=O) groups excluding carboxylic acids is 2. The van der Waals surface area contributed by atoms with Crippen molar-refractivity contribution < 1.29 is 23.5 Å². The molecule has 148 valence electrons. The molecule has 0 saturated heterocycles. The average Bonchev–Trinajstić information content (AvgIpc) is 3.26. The zero-order chi connectivity index (χ0) is 20.6. The van der Waals surface area contributed by atoms with Crippen LogP contribution in [0.15, 0.2) is 65.1 Å². The van der Waals surface area contributed by atoms with Gasteiger partial charge in [-0.25, -0.2) is 14.6 Å². The summed E-state index contributed by atoms with van der Waals surface area (Å²) in [5, 5.41) is 5.69. The van der Waals surface area contributed by atoms with E-state index in [1.54, 1.807) is 47.8 Å². The summed E-state index contributed by atoms with van der Waals surface area (Å²) in [4.78, 5) is 24.5. The van der Waals surface area contributed by atoms with Gasteiger partial charge in [-0.2, -0.15) is 5.10 Å². The van der Waals surface area contributed by atoms with Crippen molar-refractivity contribution >= 4 is 29.4 Å². The SMILES string of the molecule is COc1cc(/C=N/NC(=O)Cc2ccc(F)cc2)ccc1OC(=O)c1cccs1. The van der Waals surface area contributed by atoms with Crippen molar-refractivity contribution in [2.24, 2.45) is 5.10 Å². The van der Waals surface area contributed by atoms with E-state index in [1.807, 2.05) is 0 Å². The maximum absolute atomic E-state index is 12.9. The number of nitrogens with zero attached hydrogens (tertiary/aromatic N) is 1. The minimum absolute atomic E-state index is 0.0819. The molecule has 1 aromatic heterocycles. The second-order valence-corrected chi connectivity index (χ2v) is 6.82. The minimum atomic E-state index is -0.465. The summed E-state index contributed by atoms with van der Waals surface area (Å²) in [5.74, 6) is -0.514. The van der Waals surface area contributed by atoms with Crippen molar-refractivity contribution in [2.75, 3.05) is 7.11 Å². The smallest absolute Gasteiger partial charge is 0.353 e. The lowest BCUT2D eigenvalue weighted by atomic mass is 10.1. The molecule has 0 fully saturated rings. The van der Waals surface area contributed by atoms with Gasteiger partial charge in [-0.05, 0) is 52.9 Å². The maximum atomic E-state index is 12.9. The molecule has 0 atom stereocenters. The molecule has 0 bridgehead atoms. The third-order valence-electron chi connectivity index (χ3n) is 3.79. The largest absolute Gasteiger partial charge is 0.493 e. The van der Waals surface area contributed by atoms with Gasteiger partial charge < -0.3 is 9.47 Å². The molecule has 0 saturated carbocycles. The van der Waals surface area contributed by atoms with Gasteiger partial charge >= 0.3 is 5.97 Å². The van der Waals surface area contributed by atoms with Gasteiger partial charge in [0.2, 0.25) is 5.91 Å². The predicted molar refractivity (Wildman–Crippen MR) is 108 cm³/mol. The number of halogens is 1.